The van der Waals surface area contributed by atoms with Crippen LogP contribution in [0.1, 0.15) is 55.0 Å². The van der Waals surface area contributed by atoms with Crippen LogP contribution in [0, 0.1) is 0 Å². The van der Waals surface area contributed by atoms with Crippen molar-refractivity contribution >= 4 is 11.7 Å². The van der Waals surface area contributed by atoms with Crippen LogP contribution in [0.4, 0.5) is 5.69 Å². The van der Waals surface area contributed by atoms with Gasteiger partial charge in [-0.05, 0) is 49.9 Å². The summed E-state index contributed by atoms with van der Waals surface area (Å²) in [4.78, 5) is 13.3. The lowest BCUT2D eigenvalue weighted by Crippen LogP contribution is -2.47. The number of furan rings is 1. The van der Waals surface area contributed by atoms with Crippen LogP contribution < -0.4 is 9.64 Å². The lowest BCUT2D eigenvalue weighted by atomic mass is 9.80. The number of benzene rings is 1. The van der Waals surface area contributed by atoms with E-state index < -0.39 is 5.97 Å². The summed E-state index contributed by atoms with van der Waals surface area (Å²) < 4.78 is 11.1. The Balaban J connectivity index is 2.04. The van der Waals surface area contributed by atoms with Gasteiger partial charge in [0.2, 0.25) is 5.76 Å². The first-order chi connectivity index (χ1) is 11.3. The molecular formula is C19H23NO4. The van der Waals surface area contributed by atoms with Crippen LogP contribution in [0.15, 0.2) is 34.7 Å². The van der Waals surface area contributed by atoms with Crippen molar-refractivity contribution in [1.29, 1.82) is 0 Å². The van der Waals surface area contributed by atoms with Crippen molar-refractivity contribution in [2.75, 3.05) is 12.0 Å². The predicted octanol–water partition coefficient (Wildman–Crippen LogP) is 4.28. The molecule has 0 aliphatic carbocycles. The molecule has 5 nitrogen and oxygen atoms in total. The Kier molecular flexibility index (Phi) is 4.03. The molecule has 5 heteroatoms. The summed E-state index contributed by atoms with van der Waals surface area (Å²) >= 11 is 0. The number of hydrogen-bond donors (Lipinski definition) is 1. The average molecular weight is 329 g/mol. The van der Waals surface area contributed by atoms with Crippen LogP contribution in [0.3, 0.4) is 0 Å². The van der Waals surface area contributed by atoms with E-state index in [9.17, 15) is 4.79 Å². The molecule has 0 radical (unpaired) electrons. The van der Waals surface area contributed by atoms with Gasteiger partial charge >= 0.3 is 5.97 Å². The molecule has 1 aliphatic rings. The summed E-state index contributed by atoms with van der Waals surface area (Å²) in [6, 6.07) is 9.34. The second kappa shape index (κ2) is 5.89. The first kappa shape index (κ1) is 16.4. The van der Waals surface area contributed by atoms with Gasteiger partial charge in [0, 0.05) is 5.54 Å². The normalized spacial score (nSPS) is 19.0. The number of nitrogens with zero attached hydrogens (tertiary/aromatic N) is 1. The van der Waals surface area contributed by atoms with Crippen LogP contribution >= 0.6 is 0 Å². The molecule has 1 aliphatic heterocycles. The third-order valence-electron chi connectivity index (χ3n) is 4.77. The first-order valence-corrected chi connectivity index (χ1v) is 8.10. The Morgan fingerprint density at radius 1 is 1.38 bits per heavy atom. The third kappa shape index (κ3) is 2.75. The number of carbonyl (C=O) groups is 1. The smallest absolute Gasteiger partial charge is 0.371 e. The SMILES string of the molecule is COc1cccc2c1N(Cc1ccc(C(=O)O)o1)C(C)(C)C[C@@H]2C. The molecule has 2 heterocycles. The average Bonchev–Trinajstić information content (AvgIpc) is 2.99. The minimum Gasteiger partial charge on any atom is -0.495 e. The van der Waals surface area contributed by atoms with E-state index in [0.29, 0.717) is 18.2 Å². The number of carboxylic acid groups (broad SMARTS) is 1. The zero-order valence-electron chi connectivity index (χ0n) is 14.5. The van der Waals surface area contributed by atoms with E-state index in [1.807, 2.05) is 12.1 Å². The summed E-state index contributed by atoms with van der Waals surface area (Å²) in [5.41, 5.74) is 2.22. The Labute approximate surface area is 141 Å². The highest BCUT2D eigenvalue weighted by atomic mass is 16.5. The number of rotatable bonds is 4. The van der Waals surface area contributed by atoms with E-state index >= 15 is 0 Å². The largest absolute Gasteiger partial charge is 0.495 e. The quantitative estimate of drug-likeness (QED) is 0.907. The highest BCUT2D eigenvalue weighted by Crippen LogP contribution is 2.48. The lowest BCUT2D eigenvalue weighted by Gasteiger charge is -2.47. The number of aromatic carboxylic acids is 1. The number of carboxylic acids is 1. The Morgan fingerprint density at radius 3 is 2.75 bits per heavy atom. The molecule has 3 rings (SSSR count). The molecule has 128 valence electrons. The van der Waals surface area contributed by atoms with Gasteiger partial charge < -0.3 is 19.2 Å². The molecule has 1 aromatic heterocycles. The molecule has 2 aromatic rings. The maximum atomic E-state index is 11.0. The van der Waals surface area contributed by atoms with Gasteiger partial charge in [-0.1, -0.05) is 19.1 Å². The minimum atomic E-state index is -1.05. The predicted molar refractivity (Wildman–Crippen MR) is 92.0 cm³/mol. The number of ether oxygens (including phenoxy) is 1. The second-order valence-electron chi connectivity index (χ2n) is 6.97. The topological polar surface area (TPSA) is 62.9 Å². The van der Waals surface area contributed by atoms with Crippen molar-refractivity contribution in [2.24, 2.45) is 0 Å². The number of anilines is 1. The van der Waals surface area contributed by atoms with Gasteiger partial charge in [0.15, 0.2) is 0 Å². The number of para-hydroxylation sites is 1. The van der Waals surface area contributed by atoms with Crippen molar-refractivity contribution in [3.05, 3.63) is 47.4 Å². The van der Waals surface area contributed by atoms with Crippen molar-refractivity contribution in [1.82, 2.24) is 0 Å². The fraction of sp³-hybridized carbons (Fsp3) is 0.421. The van der Waals surface area contributed by atoms with E-state index in [4.69, 9.17) is 14.3 Å². The van der Waals surface area contributed by atoms with Gasteiger partial charge in [0.1, 0.15) is 11.5 Å². The molecule has 0 fully saturated rings. The van der Waals surface area contributed by atoms with E-state index in [1.165, 1.54) is 11.6 Å². The third-order valence-corrected chi connectivity index (χ3v) is 4.77. The highest BCUT2D eigenvalue weighted by molar-refractivity contribution is 5.84. The highest BCUT2D eigenvalue weighted by Gasteiger charge is 2.38. The van der Waals surface area contributed by atoms with Crippen LogP contribution in [0.2, 0.25) is 0 Å². The molecule has 24 heavy (non-hydrogen) atoms. The zero-order chi connectivity index (χ0) is 17.5. The first-order valence-electron chi connectivity index (χ1n) is 8.10. The minimum absolute atomic E-state index is 0.0339. The van der Waals surface area contributed by atoms with Gasteiger partial charge in [-0.2, -0.15) is 0 Å². The van der Waals surface area contributed by atoms with Crippen LogP contribution in [-0.2, 0) is 6.54 Å². The van der Waals surface area contributed by atoms with E-state index in [2.05, 4.69) is 31.7 Å². The van der Waals surface area contributed by atoms with Crippen molar-refractivity contribution in [3.63, 3.8) is 0 Å². The number of hydrogen-bond acceptors (Lipinski definition) is 4. The fourth-order valence-corrected chi connectivity index (χ4v) is 3.69. The molecular weight excluding hydrogens is 306 g/mol. The van der Waals surface area contributed by atoms with Crippen LogP contribution in [-0.4, -0.2) is 23.7 Å². The van der Waals surface area contributed by atoms with Gasteiger partial charge in [-0.3, -0.25) is 0 Å². The van der Waals surface area contributed by atoms with E-state index in [1.54, 1.807) is 13.2 Å². The maximum Gasteiger partial charge on any atom is 0.371 e. The summed E-state index contributed by atoms with van der Waals surface area (Å²) in [5, 5.41) is 9.05. The molecule has 1 atom stereocenters. The molecule has 0 unspecified atom stereocenters. The molecule has 1 N–H and O–H groups in total. The van der Waals surface area contributed by atoms with Crippen LogP contribution in [0.25, 0.3) is 0 Å². The van der Waals surface area contributed by atoms with E-state index in [0.717, 1.165) is 17.9 Å². The summed E-state index contributed by atoms with van der Waals surface area (Å²) in [6.45, 7) is 7.12. The molecule has 0 bridgehead atoms. The standard InChI is InChI=1S/C19H23NO4/c1-12-10-19(2,3)20(11-13-8-9-16(24-13)18(21)22)17-14(12)6-5-7-15(17)23-4/h5-9,12H,10-11H2,1-4H3,(H,21,22)/t12-/m0/s1. The number of methoxy groups -OCH3 is 1. The van der Waals surface area contributed by atoms with Crippen molar-refractivity contribution in [2.45, 2.75) is 45.2 Å². The second-order valence-corrected chi connectivity index (χ2v) is 6.97. The summed E-state index contributed by atoms with van der Waals surface area (Å²) in [5.74, 6) is 0.802. The maximum absolute atomic E-state index is 11.0. The van der Waals surface area contributed by atoms with Gasteiger partial charge in [-0.15, -0.1) is 0 Å². The van der Waals surface area contributed by atoms with Crippen molar-refractivity contribution in [3.8, 4) is 5.75 Å². The monoisotopic (exact) mass is 329 g/mol. The zero-order valence-corrected chi connectivity index (χ0v) is 14.5. The Hall–Kier alpha value is -2.43. The molecule has 0 saturated carbocycles. The van der Waals surface area contributed by atoms with Gasteiger partial charge in [0.05, 0.1) is 19.3 Å². The molecule has 0 spiro atoms. The number of fused-ring (bicyclic) bond motifs is 1. The Bertz CT molecular complexity index is 762. The summed E-state index contributed by atoms with van der Waals surface area (Å²) in [7, 11) is 1.68. The van der Waals surface area contributed by atoms with Crippen LogP contribution in [0.5, 0.6) is 5.75 Å². The Morgan fingerprint density at radius 2 is 2.12 bits per heavy atom. The molecule has 0 amide bonds. The lowest BCUT2D eigenvalue weighted by molar-refractivity contribution is 0.0660. The fourth-order valence-electron chi connectivity index (χ4n) is 3.69. The van der Waals surface area contributed by atoms with Gasteiger partial charge in [0.25, 0.3) is 0 Å². The molecule has 1 aromatic carbocycles. The summed E-state index contributed by atoms with van der Waals surface area (Å²) in [6.07, 6.45) is 1.000. The van der Waals surface area contributed by atoms with Crippen molar-refractivity contribution < 1.29 is 19.1 Å². The van der Waals surface area contributed by atoms with E-state index in [-0.39, 0.29) is 11.3 Å². The molecule has 0 saturated heterocycles. The van der Waals surface area contributed by atoms with Gasteiger partial charge in [-0.25, -0.2) is 4.79 Å².